The number of hydrogen-bond acceptors (Lipinski definition) is 4. The lowest BCUT2D eigenvalue weighted by Crippen LogP contribution is -2.24. The summed E-state index contributed by atoms with van der Waals surface area (Å²) in [5, 5.41) is 11.5. The van der Waals surface area contributed by atoms with Gasteiger partial charge >= 0.3 is 5.97 Å². The highest BCUT2D eigenvalue weighted by Crippen LogP contribution is 2.34. The first-order valence-electron chi connectivity index (χ1n) is 6.27. The molecule has 1 aliphatic rings. The number of fused-ring (bicyclic) bond motifs is 1. The fourth-order valence-corrected chi connectivity index (χ4v) is 2.09. The Hall–Kier alpha value is -2.24. The minimum Gasteiger partial charge on any atom is -0.481 e. The molecule has 6 nitrogen and oxygen atoms in total. The second-order valence-corrected chi connectivity index (χ2v) is 5.53. The van der Waals surface area contributed by atoms with E-state index >= 15 is 0 Å². The molecule has 0 saturated carbocycles. The number of benzene rings is 1. The van der Waals surface area contributed by atoms with Gasteiger partial charge in [-0.2, -0.15) is 0 Å². The monoisotopic (exact) mass is 279 g/mol. The lowest BCUT2D eigenvalue weighted by atomic mass is 9.85. The molecule has 0 fully saturated rings. The SMILES string of the molecule is CC(C)(CC(=O)O)CC(=O)Nc1ccc2c(c1)OCO2. The number of rotatable bonds is 5. The van der Waals surface area contributed by atoms with Crippen LogP contribution in [0.3, 0.4) is 0 Å². The molecular weight excluding hydrogens is 262 g/mol. The third-order valence-corrected chi connectivity index (χ3v) is 2.93. The third-order valence-electron chi connectivity index (χ3n) is 2.93. The highest BCUT2D eigenvalue weighted by Gasteiger charge is 2.25. The van der Waals surface area contributed by atoms with Crippen molar-refractivity contribution < 1.29 is 24.2 Å². The Bertz CT molecular complexity index is 538. The molecule has 0 aliphatic carbocycles. The normalized spacial score (nSPS) is 13.1. The lowest BCUT2D eigenvalue weighted by molar-refractivity contribution is -0.139. The van der Waals surface area contributed by atoms with Crippen LogP contribution in [0.4, 0.5) is 5.69 Å². The molecule has 0 radical (unpaired) electrons. The number of carboxylic acid groups (broad SMARTS) is 1. The smallest absolute Gasteiger partial charge is 0.303 e. The molecule has 1 heterocycles. The predicted molar refractivity (Wildman–Crippen MR) is 71.8 cm³/mol. The quantitative estimate of drug-likeness (QED) is 0.863. The van der Waals surface area contributed by atoms with Gasteiger partial charge in [0.15, 0.2) is 11.5 Å². The number of nitrogens with one attached hydrogen (secondary N) is 1. The molecule has 0 atom stereocenters. The topological polar surface area (TPSA) is 84.9 Å². The molecule has 108 valence electrons. The molecule has 6 heteroatoms. The molecule has 1 aromatic carbocycles. The Labute approximate surface area is 116 Å². The number of ether oxygens (including phenoxy) is 2. The standard InChI is InChI=1S/C14H17NO5/c1-14(2,7-13(17)18)6-12(16)15-9-3-4-10-11(5-9)20-8-19-10/h3-5H,6-8H2,1-2H3,(H,15,16)(H,17,18). The van der Waals surface area contributed by atoms with E-state index in [0.717, 1.165) is 0 Å². The summed E-state index contributed by atoms with van der Waals surface area (Å²) >= 11 is 0. The van der Waals surface area contributed by atoms with Gasteiger partial charge in [-0.1, -0.05) is 13.8 Å². The summed E-state index contributed by atoms with van der Waals surface area (Å²) in [6.45, 7) is 3.68. The van der Waals surface area contributed by atoms with Crippen molar-refractivity contribution in [2.75, 3.05) is 12.1 Å². The van der Waals surface area contributed by atoms with Gasteiger partial charge < -0.3 is 19.9 Å². The fraction of sp³-hybridized carbons (Fsp3) is 0.429. The van der Waals surface area contributed by atoms with Crippen LogP contribution < -0.4 is 14.8 Å². The van der Waals surface area contributed by atoms with Crippen molar-refractivity contribution in [3.63, 3.8) is 0 Å². The van der Waals surface area contributed by atoms with Crippen LogP contribution in [-0.4, -0.2) is 23.8 Å². The van der Waals surface area contributed by atoms with E-state index in [1.54, 1.807) is 32.0 Å². The number of anilines is 1. The van der Waals surface area contributed by atoms with Crippen LogP contribution >= 0.6 is 0 Å². The zero-order valence-electron chi connectivity index (χ0n) is 11.4. The summed E-state index contributed by atoms with van der Waals surface area (Å²) < 4.78 is 10.4. The number of carbonyl (C=O) groups excluding carboxylic acids is 1. The molecule has 1 amide bonds. The average Bonchev–Trinajstić information content (AvgIpc) is 2.72. The second-order valence-electron chi connectivity index (χ2n) is 5.53. The third kappa shape index (κ3) is 3.63. The molecule has 0 spiro atoms. The largest absolute Gasteiger partial charge is 0.481 e. The summed E-state index contributed by atoms with van der Waals surface area (Å²) in [4.78, 5) is 22.7. The lowest BCUT2D eigenvalue weighted by Gasteiger charge is -2.21. The molecule has 1 aliphatic heterocycles. The first kappa shape index (κ1) is 14.2. The average molecular weight is 279 g/mol. The van der Waals surface area contributed by atoms with Gasteiger partial charge in [-0.15, -0.1) is 0 Å². The first-order valence-corrected chi connectivity index (χ1v) is 6.27. The Morgan fingerprint density at radius 3 is 2.65 bits per heavy atom. The Morgan fingerprint density at radius 2 is 1.95 bits per heavy atom. The Balaban J connectivity index is 1.96. The van der Waals surface area contributed by atoms with Crippen LogP contribution in [0.25, 0.3) is 0 Å². The number of aliphatic carboxylic acids is 1. The van der Waals surface area contributed by atoms with Crippen molar-refractivity contribution in [2.45, 2.75) is 26.7 Å². The minimum atomic E-state index is -0.911. The zero-order chi connectivity index (χ0) is 14.8. The van der Waals surface area contributed by atoms with Crippen molar-refractivity contribution >= 4 is 17.6 Å². The van der Waals surface area contributed by atoms with E-state index in [1.165, 1.54) is 0 Å². The van der Waals surface area contributed by atoms with Crippen molar-refractivity contribution in [1.29, 1.82) is 0 Å². The summed E-state index contributed by atoms with van der Waals surface area (Å²) in [5.41, 5.74) is 0.0112. The van der Waals surface area contributed by atoms with Crippen LogP contribution in [0, 0.1) is 5.41 Å². The highest BCUT2D eigenvalue weighted by molar-refractivity contribution is 5.91. The predicted octanol–water partition coefficient (Wildman–Crippen LogP) is 2.24. The van der Waals surface area contributed by atoms with Crippen LogP contribution in [0.5, 0.6) is 11.5 Å². The summed E-state index contributed by atoms with van der Waals surface area (Å²) in [6.07, 6.45) is 0.0787. The van der Waals surface area contributed by atoms with Gasteiger partial charge in [-0.3, -0.25) is 9.59 Å². The molecule has 0 saturated heterocycles. The maximum atomic E-state index is 11.9. The van der Waals surface area contributed by atoms with E-state index in [0.29, 0.717) is 17.2 Å². The second kappa shape index (κ2) is 5.40. The summed E-state index contributed by atoms with van der Waals surface area (Å²) in [7, 11) is 0. The van der Waals surface area contributed by atoms with E-state index in [9.17, 15) is 9.59 Å². The van der Waals surface area contributed by atoms with Gasteiger partial charge in [0.2, 0.25) is 12.7 Å². The van der Waals surface area contributed by atoms with Crippen molar-refractivity contribution in [2.24, 2.45) is 5.41 Å². The van der Waals surface area contributed by atoms with Crippen molar-refractivity contribution in [3.8, 4) is 11.5 Å². The van der Waals surface area contributed by atoms with Gasteiger partial charge in [0, 0.05) is 18.2 Å². The zero-order valence-corrected chi connectivity index (χ0v) is 11.4. The molecular formula is C14H17NO5. The van der Waals surface area contributed by atoms with E-state index in [4.69, 9.17) is 14.6 Å². The fourth-order valence-electron chi connectivity index (χ4n) is 2.09. The van der Waals surface area contributed by atoms with E-state index in [-0.39, 0.29) is 25.5 Å². The molecule has 0 aromatic heterocycles. The van der Waals surface area contributed by atoms with Gasteiger partial charge in [-0.25, -0.2) is 0 Å². The van der Waals surface area contributed by atoms with Crippen LogP contribution in [-0.2, 0) is 9.59 Å². The molecule has 20 heavy (non-hydrogen) atoms. The number of carboxylic acids is 1. The Kier molecular flexibility index (Phi) is 3.83. The molecule has 0 bridgehead atoms. The maximum Gasteiger partial charge on any atom is 0.303 e. The maximum absolute atomic E-state index is 11.9. The number of carbonyl (C=O) groups is 2. The summed E-state index contributed by atoms with van der Waals surface area (Å²) in [5.74, 6) is 0.0998. The van der Waals surface area contributed by atoms with Gasteiger partial charge in [-0.05, 0) is 17.5 Å². The summed E-state index contributed by atoms with van der Waals surface area (Å²) in [6, 6.07) is 5.13. The van der Waals surface area contributed by atoms with Gasteiger partial charge in [0.05, 0.1) is 6.42 Å². The van der Waals surface area contributed by atoms with Gasteiger partial charge in [0.25, 0.3) is 0 Å². The van der Waals surface area contributed by atoms with E-state index < -0.39 is 11.4 Å². The van der Waals surface area contributed by atoms with Crippen LogP contribution in [0.15, 0.2) is 18.2 Å². The van der Waals surface area contributed by atoms with Crippen LogP contribution in [0.1, 0.15) is 26.7 Å². The minimum absolute atomic E-state index is 0.0540. The molecule has 1 aromatic rings. The van der Waals surface area contributed by atoms with Crippen LogP contribution in [0.2, 0.25) is 0 Å². The van der Waals surface area contributed by atoms with E-state index in [2.05, 4.69) is 5.32 Å². The molecule has 2 rings (SSSR count). The van der Waals surface area contributed by atoms with Gasteiger partial charge in [0.1, 0.15) is 0 Å². The van der Waals surface area contributed by atoms with E-state index in [1.807, 2.05) is 0 Å². The Morgan fingerprint density at radius 1 is 1.25 bits per heavy atom. The first-order chi connectivity index (χ1) is 9.35. The molecule has 2 N–H and O–H groups in total. The number of hydrogen-bond donors (Lipinski definition) is 2. The molecule has 0 unspecified atom stereocenters. The number of amides is 1. The van der Waals surface area contributed by atoms with Crippen molar-refractivity contribution in [1.82, 2.24) is 0 Å². The van der Waals surface area contributed by atoms with Crippen molar-refractivity contribution in [3.05, 3.63) is 18.2 Å². The highest BCUT2D eigenvalue weighted by atomic mass is 16.7.